The topological polar surface area (TPSA) is 110 Å². The number of rotatable bonds is 8. The Morgan fingerprint density at radius 1 is 1.29 bits per heavy atom. The molecule has 0 saturated carbocycles. The van der Waals surface area contributed by atoms with E-state index in [2.05, 4.69) is 9.46 Å². The van der Waals surface area contributed by atoms with E-state index in [4.69, 9.17) is 5.11 Å². The number of nitrogens with one attached hydrogen (secondary N) is 1. The Labute approximate surface area is 123 Å². The quantitative estimate of drug-likeness (QED) is 0.672. The maximum Gasteiger partial charge on any atom is 0.335 e. The molecule has 0 atom stereocenters. The molecule has 0 amide bonds. The molecule has 0 aliphatic rings. The molecule has 0 spiro atoms. The molecule has 7 nitrogen and oxygen atoms in total. The second-order valence-corrected chi connectivity index (χ2v) is 5.98. The molecule has 0 radical (unpaired) electrons. The van der Waals surface area contributed by atoms with Crippen molar-refractivity contribution in [2.24, 2.45) is 0 Å². The number of carboxylic acids is 1. The SMILES string of the molecule is CCOC(=O)CS(=O)(=O)NCCc1ccccc1C(=O)O. The highest BCUT2D eigenvalue weighted by molar-refractivity contribution is 7.90. The molecule has 1 rings (SSSR count). The van der Waals surface area contributed by atoms with Gasteiger partial charge in [0.1, 0.15) is 0 Å². The van der Waals surface area contributed by atoms with Gasteiger partial charge in [0.25, 0.3) is 0 Å². The van der Waals surface area contributed by atoms with E-state index in [0.29, 0.717) is 5.56 Å². The Balaban J connectivity index is 2.57. The van der Waals surface area contributed by atoms with E-state index in [1.807, 2.05) is 0 Å². The van der Waals surface area contributed by atoms with Gasteiger partial charge in [-0.2, -0.15) is 0 Å². The Bertz CT molecular complexity index is 611. The number of carboxylic acid groups (broad SMARTS) is 1. The normalized spacial score (nSPS) is 11.1. The molecule has 0 unspecified atom stereocenters. The summed E-state index contributed by atoms with van der Waals surface area (Å²) in [5.74, 6) is -2.64. The van der Waals surface area contributed by atoms with Crippen molar-refractivity contribution in [1.82, 2.24) is 4.72 Å². The van der Waals surface area contributed by atoms with Gasteiger partial charge in [0.2, 0.25) is 10.0 Å². The summed E-state index contributed by atoms with van der Waals surface area (Å²) in [6.07, 6.45) is 0.213. The summed E-state index contributed by atoms with van der Waals surface area (Å²) in [6, 6.07) is 6.33. The van der Waals surface area contributed by atoms with Gasteiger partial charge in [0.15, 0.2) is 5.75 Å². The minimum absolute atomic E-state index is 0.00598. The average Bonchev–Trinajstić information content (AvgIpc) is 2.38. The van der Waals surface area contributed by atoms with E-state index < -0.39 is 27.7 Å². The third-order valence-corrected chi connectivity index (χ3v) is 3.84. The number of benzene rings is 1. The summed E-state index contributed by atoms with van der Waals surface area (Å²) < 4.78 is 30.0. The fraction of sp³-hybridized carbons (Fsp3) is 0.385. The maximum absolute atomic E-state index is 11.6. The Morgan fingerprint density at radius 2 is 1.95 bits per heavy atom. The zero-order valence-electron chi connectivity index (χ0n) is 11.5. The molecule has 0 aliphatic carbocycles. The smallest absolute Gasteiger partial charge is 0.335 e. The van der Waals surface area contributed by atoms with Crippen LogP contribution in [-0.2, 0) is 26.0 Å². The molecule has 21 heavy (non-hydrogen) atoms. The summed E-state index contributed by atoms with van der Waals surface area (Å²) in [4.78, 5) is 22.1. The van der Waals surface area contributed by atoms with Gasteiger partial charge >= 0.3 is 11.9 Å². The average molecular weight is 315 g/mol. The minimum Gasteiger partial charge on any atom is -0.478 e. The van der Waals surface area contributed by atoms with E-state index in [1.54, 1.807) is 25.1 Å². The lowest BCUT2D eigenvalue weighted by molar-refractivity contribution is -0.139. The number of hydrogen-bond acceptors (Lipinski definition) is 5. The molecule has 0 aliphatic heterocycles. The summed E-state index contributed by atoms with van der Waals surface area (Å²) in [5.41, 5.74) is 0.644. The van der Waals surface area contributed by atoms with Gasteiger partial charge in [-0.15, -0.1) is 0 Å². The highest BCUT2D eigenvalue weighted by Crippen LogP contribution is 2.09. The number of ether oxygens (including phenoxy) is 1. The van der Waals surface area contributed by atoms with E-state index in [1.165, 1.54) is 6.07 Å². The van der Waals surface area contributed by atoms with E-state index in [0.717, 1.165) is 0 Å². The van der Waals surface area contributed by atoms with Crippen LogP contribution in [0.4, 0.5) is 0 Å². The first-order valence-electron chi connectivity index (χ1n) is 6.30. The number of esters is 1. The third kappa shape index (κ3) is 5.92. The second-order valence-electron chi connectivity index (χ2n) is 4.17. The fourth-order valence-electron chi connectivity index (χ4n) is 1.70. The number of carbonyl (C=O) groups is 2. The first-order chi connectivity index (χ1) is 9.85. The van der Waals surface area contributed by atoms with Crippen molar-refractivity contribution in [3.8, 4) is 0 Å². The van der Waals surface area contributed by atoms with Crippen LogP contribution in [-0.4, -0.2) is 44.4 Å². The molecule has 0 heterocycles. The molecule has 0 fully saturated rings. The molecule has 0 saturated heterocycles. The number of carbonyl (C=O) groups excluding carboxylic acids is 1. The molecule has 8 heteroatoms. The monoisotopic (exact) mass is 315 g/mol. The van der Waals surface area contributed by atoms with Crippen molar-refractivity contribution in [1.29, 1.82) is 0 Å². The first kappa shape index (κ1) is 17.1. The predicted molar refractivity (Wildman–Crippen MR) is 75.5 cm³/mol. The van der Waals surface area contributed by atoms with Gasteiger partial charge in [0, 0.05) is 6.54 Å². The van der Waals surface area contributed by atoms with Crippen molar-refractivity contribution >= 4 is 22.0 Å². The summed E-state index contributed by atoms with van der Waals surface area (Å²) in [6.45, 7) is 1.70. The van der Waals surface area contributed by atoms with Crippen molar-refractivity contribution in [3.05, 3.63) is 35.4 Å². The lowest BCUT2D eigenvalue weighted by Gasteiger charge is -2.08. The zero-order chi connectivity index (χ0) is 15.9. The van der Waals surface area contributed by atoms with Gasteiger partial charge in [-0.3, -0.25) is 4.79 Å². The maximum atomic E-state index is 11.6. The van der Waals surface area contributed by atoms with Gasteiger partial charge < -0.3 is 9.84 Å². The summed E-state index contributed by atoms with van der Waals surface area (Å²) in [7, 11) is -3.78. The van der Waals surface area contributed by atoms with Crippen LogP contribution >= 0.6 is 0 Å². The van der Waals surface area contributed by atoms with Crippen LogP contribution in [0.5, 0.6) is 0 Å². The van der Waals surface area contributed by atoms with Gasteiger partial charge in [-0.1, -0.05) is 18.2 Å². The molecular formula is C13H17NO6S. The minimum atomic E-state index is -3.78. The predicted octanol–water partition coefficient (Wildman–Crippen LogP) is 0.410. The van der Waals surface area contributed by atoms with E-state index >= 15 is 0 Å². The second kappa shape index (κ2) is 7.75. The van der Waals surface area contributed by atoms with Gasteiger partial charge in [0.05, 0.1) is 12.2 Å². The van der Waals surface area contributed by atoms with E-state index in [-0.39, 0.29) is 25.1 Å². The van der Waals surface area contributed by atoms with Gasteiger partial charge in [-0.05, 0) is 25.0 Å². The highest BCUT2D eigenvalue weighted by atomic mass is 32.2. The van der Waals surface area contributed by atoms with Crippen LogP contribution in [0.15, 0.2) is 24.3 Å². The highest BCUT2D eigenvalue weighted by Gasteiger charge is 2.17. The number of hydrogen-bond donors (Lipinski definition) is 2. The lowest BCUT2D eigenvalue weighted by Crippen LogP contribution is -2.32. The number of sulfonamides is 1. The molecule has 116 valence electrons. The summed E-state index contributed by atoms with van der Waals surface area (Å²) >= 11 is 0. The van der Waals surface area contributed by atoms with Crippen LogP contribution < -0.4 is 4.72 Å². The van der Waals surface area contributed by atoms with Crippen LogP contribution in [0.2, 0.25) is 0 Å². The third-order valence-electron chi connectivity index (χ3n) is 2.58. The van der Waals surface area contributed by atoms with Crippen molar-refractivity contribution in [2.75, 3.05) is 18.9 Å². The van der Waals surface area contributed by atoms with Crippen LogP contribution in [0.25, 0.3) is 0 Å². The molecule has 2 N–H and O–H groups in total. The molecule has 1 aromatic rings. The Kier molecular flexibility index (Phi) is 6.32. The first-order valence-corrected chi connectivity index (χ1v) is 7.95. The van der Waals surface area contributed by atoms with Crippen LogP contribution in [0.3, 0.4) is 0 Å². The van der Waals surface area contributed by atoms with Crippen LogP contribution in [0, 0.1) is 0 Å². The number of aromatic carboxylic acids is 1. The van der Waals surface area contributed by atoms with Crippen molar-refractivity contribution in [2.45, 2.75) is 13.3 Å². The molecular weight excluding hydrogens is 298 g/mol. The zero-order valence-corrected chi connectivity index (χ0v) is 12.4. The Morgan fingerprint density at radius 3 is 2.57 bits per heavy atom. The molecule has 0 aromatic heterocycles. The fourth-order valence-corrected chi connectivity index (χ4v) is 2.61. The van der Waals surface area contributed by atoms with Crippen molar-refractivity contribution < 1.29 is 27.9 Å². The van der Waals surface area contributed by atoms with E-state index in [9.17, 15) is 18.0 Å². The Hall–Kier alpha value is -1.93. The standard InChI is InChI=1S/C13H17NO6S/c1-2-20-12(15)9-21(18,19)14-8-7-10-5-3-4-6-11(10)13(16)17/h3-6,14H,2,7-9H2,1H3,(H,16,17). The van der Waals surface area contributed by atoms with Gasteiger partial charge in [-0.25, -0.2) is 17.9 Å². The molecule has 0 bridgehead atoms. The van der Waals surface area contributed by atoms with Crippen LogP contribution in [0.1, 0.15) is 22.8 Å². The largest absolute Gasteiger partial charge is 0.478 e. The van der Waals surface area contributed by atoms with Crippen molar-refractivity contribution in [3.63, 3.8) is 0 Å². The molecule has 1 aromatic carbocycles. The lowest BCUT2D eigenvalue weighted by atomic mass is 10.1. The summed E-state index contributed by atoms with van der Waals surface area (Å²) in [5, 5.41) is 9.00.